The van der Waals surface area contributed by atoms with Gasteiger partial charge in [0.25, 0.3) is 0 Å². The van der Waals surface area contributed by atoms with Gasteiger partial charge in [-0.1, -0.05) is 51.1 Å². The minimum Gasteiger partial charge on any atom is -0.357 e. The van der Waals surface area contributed by atoms with Crippen molar-refractivity contribution in [1.82, 2.24) is 10.2 Å². The van der Waals surface area contributed by atoms with E-state index in [0.29, 0.717) is 12.8 Å². The van der Waals surface area contributed by atoms with Gasteiger partial charge in [0.2, 0.25) is 17.7 Å². The van der Waals surface area contributed by atoms with Crippen LogP contribution in [0.5, 0.6) is 0 Å². The second kappa shape index (κ2) is 10.7. The van der Waals surface area contributed by atoms with Crippen LogP contribution >= 0.6 is 0 Å². The minimum absolute atomic E-state index is 0.197. The molecule has 0 spiro atoms. The molecule has 144 valence electrons. The molecule has 6 nitrogen and oxygen atoms in total. The number of likely N-dealkylation sites (N-methyl/N-ethyl adjacent to an activating group) is 1. The molecule has 2 atom stereocenters. The number of rotatable bonds is 9. The second-order valence-electron chi connectivity index (χ2n) is 6.91. The van der Waals surface area contributed by atoms with Crippen molar-refractivity contribution in [1.29, 1.82) is 0 Å². The maximum absolute atomic E-state index is 12.9. The van der Waals surface area contributed by atoms with Gasteiger partial charge >= 0.3 is 0 Å². The molecule has 0 aliphatic rings. The Morgan fingerprint density at radius 3 is 2.27 bits per heavy atom. The zero-order valence-electron chi connectivity index (χ0n) is 16.2. The van der Waals surface area contributed by atoms with Gasteiger partial charge in [0.15, 0.2) is 0 Å². The van der Waals surface area contributed by atoms with Gasteiger partial charge in [0, 0.05) is 19.9 Å². The predicted octanol–water partition coefficient (Wildman–Crippen LogP) is 1.87. The number of hydrogen-bond acceptors (Lipinski definition) is 4. The van der Waals surface area contributed by atoms with E-state index in [4.69, 9.17) is 5.73 Å². The lowest BCUT2D eigenvalue weighted by molar-refractivity contribution is -0.153. The van der Waals surface area contributed by atoms with Crippen molar-refractivity contribution in [3.63, 3.8) is 0 Å². The first-order chi connectivity index (χ1) is 12.3. The lowest BCUT2D eigenvalue weighted by Gasteiger charge is -2.31. The molecular weight excluding hydrogens is 330 g/mol. The molecule has 0 unspecified atom stereocenters. The fourth-order valence-electron chi connectivity index (χ4n) is 2.88. The molecule has 1 rings (SSSR count). The topological polar surface area (TPSA) is 92.5 Å². The van der Waals surface area contributed by atoms with Crippen molar-refractivity contribution in [2.45, 2.75) is 58.5 Å². The van der Waals surface area contributed by atoms with Crippen LogP contribution < -0.4 is 11.1 Å². The largest absolute Gasteiger partial charge is 0.357 e. The Bertz CT molecular complexity index is 602. The van der Waals surface area contributed by atoms with Crippen LogP contribution in [0.15, 0.2) is 30.3 Å². The summed E-state index contributed by atoms with van der Waals surface area (Å²) in [7, 11) is 1.50. The highest BCUT2D eigenvalue weighted by molar-refractivity contribution is 6.02. The first-order valence-electron chi connectivity index (χ1n) is 9.18. The van der Waals surface area contributed by atoms with Crippen LogP contribution in [-0.2, 0) is 20.8 Å². The maximum atomic E-state index is 12.9. The quantitative estimate of drug-likeness (QED) is 0.702. The van der Waals surface area contributed by atoms with Crippen LogP contribution in [0.1, 0.15) is 45.6 Å². The Kier molecular flexibility index (Phi) is 8.99. The average molecular weight is 361 g/mol. The monoisotopic (exact) mass is 361 g/mol. The first-order valence-corrected chi connectivity index (χ1v) is 9.18. The Morgan fingerprint density at radius 1 is 1.15 bits per heavy atom. The number of benzene rings is 1. The third-order valence-electron chi connectivity index (χ3n) is 4.15. The molecule has 0 aromatic heterocycles. The number of amides is 3. The number of nitrogens with one attached hydrogen (secondary N) is 1. The van der Waals surface area contributed by atoms with Gasteiger partial charge in [-0.25, -0.2) is 0 Å². The molecule has 6 heteroatoms. The van der Waals surface area contributed by atoms with Gasteiger partial charge < -0.3 is 11.1 Å². The highest BCUT2D eigenvalue weighted by Gasteiger charge is 2.36. The zero-order chi connectivity index (χ0) is 19.7. The molecule has 0 radical (unpaired) electrons. The van der Waals surface area contributed by atoms with E-state index < -0.39 is 18.0 Å². The predicted molar refractivity (Wildman–Crippen MR) is 102 cm³/mol. The molecule has 0 bridgehead atoms. The van der Waals surface area contributed by atoms with E-state index in [1.165, 1.54) is 7.05 Å². The number of carbonyl (C=O) groups is 3. The third kappa shape index (κ3) is 6.26. The molecule has 1 aromatic rings. The highest BCUT2D eigenvalue weighted by atomic mass is 16.2. The molecule has 0 saturated heterocycles. The van der Waals surface area contributed by atoms with Crippen LogP contribution in [0.3, 0.4) is 0 Å². The van der Waals surface area contributed by atoms with Gasteiger partial charge in [0.1, 0.15) is 6.04 Å². The number of hydrogen-bond donors (Lipinski definition) is 2. The lowest BCUT2D eigenvalue weighted by atomic mass is 9.99. The van der Waals surface area contributed by atoms with Crippen molar-refractivity contribution in [2.75, 3.05) is 7.05 Å². The van der Waals surface area contributed by atoms with Crippen molar-refractivity contribution in [3.05, 3.63) is 35.9 Å². The Balaban J connectivity index is 3.21. The first kappa shape index (κ1) is 21.8. The summed E-state index contributed by atoms with van der Waals surface area (Å²) < 4.78 is 0. The normalized spacial score (nSPS) is 13.2. The maximum Gasteiger partial charge on any atom is 0.246 e. The Hall–Kier alpha value is -2.21. The third-order valence-corrected chi connectivity index (χ3v) is 4.15. The van der Waals surface area contributed by atoms with Gasteiger partial charge in [-0.2, -0.15) is 0 Å². The van der Waals surface area contributed by atoms with E-state index in [1.54, 1.807) is 0 Å². The number of imide groups is 1. The van der Waals surface area contributed by atoms with Gasteiger partial charge in [0.05, 0.1) is 6.04 Å². The van der Waals surface area contributed by atoms with Crippen LogP contribution in [0.25, 0.3) is 0 Å². The van der Waals surface area contributed by atoms with Crippen molar-refractivity contribution in [3.8, 4) is 0 Å². The van der Waals surface area contributed by atoms with Crippen LogP contribution in [0.4, 0.5) is 0 Å². The summed E-state index contributed by atoms with van der Waals surface area (Å²) in [6.07, 6.45) is 1.51. The van der Waals surface area contributed by atoms with E-state index in [0.717, 1.165) is 10.5 Å². The lowest BCUT2D eigenvalue weighted by Crippen LogP contribution is -2.57. The fourth-order valence-corrected chi connectivity index (χ4v) is 2.88. The second-order valence-corrected chi connectivity index (χ2v) is 6.91. The molecule has 1 aromatic carbocycles. The fraction of sp³-hybridized carbons (Fsp3) is 0.550. The van der Waals surface area contributed by atoms with E-state index in [-0.39, 0.29) is 30.6 Å². The number of nitrogens with two attached hydrogens (primary N) is 1. The van der Waals surface area contributed by atoms with Crippen LogP contribution in [-0.4, -0.2) is 41.8 Å². The highest BCUT2D eigenvalue weighted by Crippen LogP contribution is 2.15. The summed E-state index contributed by atoms with van der Waals surface area (Å²) in [4.78, 5) is 39.2. The number of carbonyl (C=O) groups excluding carboxylic acids is 3. The van der Waals surface area contributed by atoms with Gasteiger partial charge in [-0.15, -0.1) is 0 Å². The summed E-state index contributed by atoms with van der Waals surface area (Å²) in [5, 5.41) is 2.57. The van der Waals surface area contributed by atoms with E-state index >= 15 is 0 Å². The summed E-state index contributed by atoms with van der Waals surface area (Å²) >= 11 is 0. The molecule has 0 fully saturated rings. The van der Waals surface area contributed by atoms with Crippen LogP contribution in [0, 0.1) is 5.92 Å². The van der Waals surface area contributed by atoms with Gasteiger partial charge in [-0.05, 0) is 24.3 Å². The average Bonchev–Trinajstić information content (AvgIpc) is 2.60. The molecule has 0 aliphatic carbocycles. The Labute approximate surface area is 156 Å². The molecule has 0 saturated carbocycles. The molecule has 26 heavy (non-hydrogen) atoms. The molecular formula is C20H31N3O3. The van der Waals surface area contributed by atoms with Crippen molar-refractivity contribution < 1.29 is 14.4 Å². The van der Waals surface area contributed by atoms with E-state index in [1.807, 2.05) is 51.1 Å². The van der Waals surface area contributed by atoms with Crippen molar-refractivity contribution in [2.24, 2.45) is 11.7 Å². The van der Waals surface area contributed by atoms with Gasteiger partial charge in [-0.3, -0.25) is 19.3 Å². The number of nitrogens with zero attached hydrogens (tertiary/aromatic N) is 1. The minimum atomic E-state index is -0.910. The van der Waals surface area contributed by atoms with Crippen LogP contribution in [0.2, 0.25) is 0 Å². The smallest absolute Gasteiger partial charge is 0.246 e. The SMILES string of the molecule is CCCC(=O)N(C(=O)[C@@H](N)CC(C)C)[C@@H](Cc1ccccc1)C(=O)NC. The Morgan fingerprint density at radius 2 is 1.77 bits per heavy atom. The summed E-state index contributed by atoms with van der Waals surface area (Å²) in [5.74, 6) is -1.00. The standard InChI is InChI=1S/C20H31N3O3/c1-5-9-18(24)23(20(26)16(21)12-14(2)3)17(19(25)22-4)13-15-10-7-6-8-11-15/h6-8,10-11,14,16-17H,5,9,12-13,21H2,1-4H3,(H,22,25)/t16-,17-/m0/s1. The summed E-state index contributed by atoms with van der Waals surface area (Å²) in [5.41, 5.74) is 6.93. The van der Waals surface area contributed by atoms with Crippen molar-refractivity contribution >= 4 is 17.7 Å². The summed E-state index contributed by atoms with van der Waals surface area (Å²) in [6.45, 7) is 5.79. The molecule has 0 aliphatic heterocycles. The molecule has 3 amide bonds. The van der Waals surface area contributed by atoms with E-state index in [2.05, 4.69) is 5.32 Å². The molecule has 3 N–H and O–H groups in total. The van der Waals surface area contributed by atoms with E-state index in [9.17, 15) is 14.4 Å². The summed E-state index contributed by atoms with van der Waals surface area (Å²) in [6, 6.07) is 7.63. The molecule has 0 heterocycles. The zero-order valence-corrected chi connectivity index (χ0v) is 16.2.